The lowest BCUT2D eigenvalue weighted by Crippen LogP contribution is -2.49. The number of hydrogen-bond acceptors (Lipinski definition) is 5. The van der Waals surface area contributed by atoms with Gasteiger partial charge in [-0.05, 0) is 139 Å². The molecule has 7 nitrogen and oxygen atoms in total. The number of amides is 2. The van der Waals surface area contributed by atoms with Crippen LogP contribution in [0.5, 0.6) is 0 Å². The lowest BCUT2D eigenvalue weighted by Gasteiger charge is -2.56. The fourth-order valence-corrected chi connectivity index (χ4v) is 10.3. The molecule has 2 amide bonds. The minimum Gasteiger partial charge on any atom is -0.446 e. The third-order valence-corrected chi connectivity index (χ3v) is 11.3. The average molecular weight is 505 g/mol. The van der Waals surface area contributed by atoms with Crippen molar-refractivity contribution < 1.29 is 14.0 Å². The van der Waals surface area contributed by atoms with Crippen LogP contribution in [0.25, 0.3) is 0 Å². The minimum atomic E-state index is -0.420. The highest BCUT2D eigenvalue weighted by atomic mass is 16.4. The Labute approximate surface area is 219 Å². The first kappa shape index (κ1) is 23.7. The van der Waals surface area contributed by atoms with Crippen molar-refractivity contribution in [3.05, 3.63) is 23.7 Å². The molecule has 0 spiro atoms. The van der Waals surface area contributed by atoms with E-state index in [9.17, 15) is 9.59 Å². The largest absolute Gasteiger partial charge is 0.446 e. The summed E-state index contributed by atoms with van der Waals surface area (Å²) in [6, 6.07) is 3.07. The Morgan fingerprint density at radius 2 is 0.946 bits per heavy atom. The molecule has 8 aliphatic rings. The summed E-state index contributed by atoms with van der Waals surface area (Å²) in [4.78, 5) is 25.5. The maximum absolute atomic E-state index is 12.8. The van der Waals surface area contributed by atoms with Crippen molar-refractivity contribution in [1.29, 1.82) is 0 Å². The van der Waals surface area contributed by atoms with Gasteiger partial charge in [-0.2, -0.15) is 10.2 Å². The minimum absolute atomic E-state index is 0.0917. The summed E-state index contributed by atoms with van der Waals surface area (Å²) in [5.41, 5.74) is 7.79. The van der Waals surface area contributed by atoms with Gasteiger partial charge in [-0.15, -0.1) is 0 Å². The van der Waals surface area contributed by atoms with Crippen molar-refractivity contribution in [2.45, 2.75) is 90.9 Å². The SMILES string of the molecule is C/C(=N\NC(=O)c1ccc(C(=O)N/N=C(\C)C23CC4CC(CC(C4)C2)C3)o1)C12CC3CC(CC(C3)C1)C2. The fraction of sp³-hybridized carbons (Fsp3) is 0.733. The van der Waals surface area contributed by atoms with E-state index in [0.717, 1.165) is 46.9 Å². The highest BCUT2D eigenvalue weighted by Crippen LogP contribution is 2.61. The zero-order valence-corrected chi connectivity index (χ0v) is 22.2. The Morgan fingerprint density at radius 1 is 0.649 bits per heavy atom. The summed E-state index contributed by atoms with van der Waals surface area (Å²) >= 11 is 0. The standard InChI is InChI=1S/C30H40N4O3/c1-17(29-11-19-5-20(12-29)7-21(6-19)13-29)31-33-27(35)25-3-4-26(37-25)28(36)34-32-18(2)30-14-22-8-23(15-30)10-24(9-22)16-30/h3-4,19-24H,5-16H2,1-2H3,(H,33,35)(H,34,36)/b31-17+,32-18+. The highest BCUT2D eigenvalue weighted by Gasteiger charge is 2.53. The number of hydrogen-bond donors (Lipinski definition) is 2. The molecule has 0 saturated heterocycles. The van der Waals surface area contributed by atoms with Gasteiger partial charge in [0.05, 0.1) is 0 Å². The Balaban J connectivity index is 0.978. The van der Waals surface area contributed by atoms with Crippen molar-refractivity contribution in [2.24, 2.45) is 56.5 Å². The van der Waals surface area contributed by atoms with E-state index in [2.05, 4.69) is 34.9 Å². The maximum Gasteiger partial charge on any atom is 0.307 e. The Hall–Kier alpha value is -2.44. The van der Waals surface area contributed by atoms with Crippen LogP contribution in [0.15, 0.2) is 26.8 Å². The molecule has 8 fully saturated rings. The van der Waals surface area contributed by atoms with Crippen molar-refractivity contribution in [3.63, 3.8) is 0 Å². The predicted octanol–water partition coefficient (Wildman–Crippen LogP) is 5.92. The third-order valence-electron chi connectivity index (χ3n) is 11.3. The first-order valence-corrected chi connectivity index (χ1v) is 14.6. The van der Waals surface area contributed by atoms with Gasteiger partial charge in [-0.3, -0.25) is 9.59 Å². The van der Waals surface area contributed by atoms with Crippen LogP contribution in [0.3, 0.4) is 0 Å². The molecule has 7 heteroatoms. The number of nitrogens with zero attached hydrogens (tertiary/aromatic N) is 2. The molecule has 1 aromatic heterocycles. The molecule has 1 aromatic rings. The van der Waals surface area contributed by atoms with Gasteiger partial charge >= 0.3 is 11.8 Å². The summed E-state index contributed by atoms with van der Waals surface area (Å²) in [7, 11) is 0. The topological polar surface area (TPSA) is 96.1 Å². The molecule has 198 valence electrons. The van der Waals surface area contributed by atoms with Gasteiger partial charge in [0.15, 0.2) is 11.5 Å². The molecule has 8 saturated carbocycles. The van der Waals surface area contributed by atoms with Gasteiger partial charge in [0.25, 0.3) is 0 Å². The van der Waals surface area contributed by atoms with Crippen molar-refractivity contribution in [2.75, 3.05) is 0 Å². The van der Waals surface area contributed by atoms with Gasteiger partial charge in [0, 0.05) is 22.3 Å². The second-order valence-electron chi connectivity index (χ2n) is 13.8. The molecule has 0 radical (unpaired) electrons. The van der Waals surface area contributed by atoms with Crippen LogP contribution < -0.4 is 10.9 Å². The van der Waals surface area contributed by atoms with E-state index in [1.165, 1.54) is 89.2 Å². The summed E-state index contributed by atoms with van der Waals surface area (Å²) < 4.78 is 5.61. The van der Waals surface area contributed by atoms with E-state index < -0.39 is 11.8 Å². The zero-order chi connectivity index (χ0) is 25.4. The molecule has 2 N–H and O–H groups in total. The van der Waals surface area contributed by atoms with E-state index >= 15 is 0 Å². The smallest absolute Gasteiger partial charge is 0.307 e. The molecule has 0 aliphatic heterocycles. The van der Waals surface area contributed by atoms with E-state index in [4.69, 9.17) is 4.42 Å². The van der Waals surface area contributed by atoms with Crippen molar-refractivity contribution >= 4 is 23.2 Å². The monoisotopic (exact) mass is 504 g/mol. The van der Waals surface area contributed by atoms with E-state index in [1.54, 1.807) is 0 Å². The van der Waals surface area contributed by atoms with Crippen LogP contribution in [0.4, 0.5) is 0 Å². The first-order valence-electron chi connectivity index (χ1n) is 14.6. The predicted molar refractivity (Wildman–Crippen MR) is 141 cm³/mol. The van der Waals surface area contributed by atoms with Gasteiger partial charge in [-0.1, -0.05) is 0 Å². The molecule has 0 aromatic carbocycles. The molecule has 8 bridgehead atoms. The number of furan rings is 1. The Kier molecular flexibility index (Phi) is 5.46. The molecular formula is C30H40N4O3. The molecule has 0 unspecified atom stereocenters. The van der Waals surface area contributed by atoms with Crippen LogP contribution in [0.1, 0.15) is 112 Å². The van der Waals surface area contributed by atoms with Crippen LogP contribution in [0.2, 0.25) is 0 Å². The first-order chi connectivity index (χ1) is 17.8. The quantitative estimate of drug-likeness (QED) is 0.372. The Bertz CT molecular complexity index is 1020. The number of carbonyl (C=O) groups is 2. The molecule has 0 atom stereocenters. The summed E-state index contributed by atoms with van der Waals surface area (Å²) in [5.74, 6) is 4.30. The molecule has 8 aliphatic carbocycles. The van der Waals surface area contributed by atoms with Crippen molar-refractivity contribution in [1.82, 2.24) is 10.9 Å². The summed E-state index contributed by atoms with van der Waals surface area (Å²) in [6.45, 7) is 4.14. The lowest BCUT2D eigenvalue weighted by molar-refractivity contribution is -0.0129. The lowest BCUT2D eigenvalue weighted by atomic mass is 9.48. The zero-order valence-electron chi connectivity index (χ0n) is 22.2. The Morgan fingerprint density at radius 3 is 1.24 bits per heavy atom. The van der Waals surface area contributed by atoms with Crippen molar-refractivity contribution in [3.8, 4) is 0 Å². The van der Waals surface area contributed by atoms with Crippen LogP contribution in [0, 0.1) is 46.3 Å². The second kappa shape index (κ2) is 8.54. The van der Waals surface area contributed by atoms with Gasteiger partial charge in [0.2, 0.25) is 0 Å². The number of rotatable bonds is 6. The maximum atomic E-state index is 12.8. The highest BCUT2D eigenvalue weighted by molar-refractivity contribution is 5.97. The number of carbonyl (C=O) groups excluding carboxylic acids is 2. The average Bonchev–Trinajstić information content (AvgIpc) is 3.34. The van der Waals surface area contributed by atoms with Crippen LogP contribution in [-0.2, 0) is 0 Å². The summed E-state index contributed by atoms with van der Waals surface area (Å²) in [6.07, 6.45) is 15.5. The summed E-state index contributed by atoms with van der Waals surface area (Å²) in [5, 5.41) is 9.06. The normalized spacial score (nSPS) is 41.8. The second-order valence-corrected chi connectivity index (χ2v) is 13.8. The van der Waals surface area contributed by atoms with Gasteiger partial charge in [-0.25, -0.2) is 10.9 Å². The third kappa shape index (κ3) is 4.08. The van der Waals surface area contributed by atoms with Crippen LogP contribution in [-0.4, -0.2) is 23.2 Å². The van der Waals surface area contributed by atoms with E-state index in [-0.39, 0.29) is 22.4 Å². The van der Waals surface area contributed by atoms with Gasteiger partial charge in [0.1, 0.15) is 0 Å². The number of hydrazone groups is 2. The van der Waals surface area contributed by atoms with Gasteiger partial charge < -0.3 is 4.42 Å². The van der Waals surface area contributed by atoms with Crippen LogP contribution >= 0.6 is 0 Å². The molecular weight excluding hydrogens is 464 g/mol. The molecule has 37 heavy (non-hydrogen) atoms. The fourth-order valence-electron chi connectivity index (χ4n) is 10.3. The molecule has 1 heterocycles. The van der Waals surface area contributed by atoms with E-state index in [1.807, 2.05) is 0 Å². The number of nitrogens with one attached hydrogen (secondary N) is 2. The van der Waals surface area contributed by atoms with E-state index in [0.29, 0.717) is 0 Å². The molecule has 9 rings (SSSR count).